The van der Waals surface area contributed by atoms with Crippen LogP contribution in [-0.4, -0.2) is 77.0 Å². The number of fused-ring (bicyclic) bond motifs is 1. The predicted octanol–water partition coefficient (Wildman–Crippen LogP) is 1.38. The molecule has 2 aromatic heterocycles. The van der Waals surface area contributed by atoms with Crippen LogP contribution in [0.1, 0.15) is 10.4 Å². The van der Waals surface area contributed by atoms with Crippen LogP contribution in [0, 0.1) is 0 Å². The zero-order valence-corrected chi connectivity index (χ0v) is 16.0. The first kappa shape index (κ1) is 18.4. The lowest BCUT2D eigenvalue weighted by molar-refractivity contribution is 0.100. The van der Waals surface area contributed by atoms with Gasteiger partial charge in [0.25, 0.3) is 5.91 Å². The maximum absolute atomic E-state index is 11.7. The Morgan fingerprint density at radius 3 is 2.82 bits per heavy atom. The predicted molar refractivity (Wildman–Crippen MR) is 110 cm³/mol. The number of amides is 1. The van der Waals surface area contributed by atoms with Crippen LogP contribution >= 0.6 is 0 Å². The molecule has 4 rings (SSSR count). The minimum atomic E-state index is -0.486. The van der Waals surface area contributed by atoms with E-state index in [1.54, 1.807) is 18.3 Å². The molecule has 0 unspecified atom stereocenters. The Kier molecular flexibility index (Phi) is 5.23. The van der Waals surface area contributed by atoms with Crippen LogP contribution in [-0.2, 0) is 0 Å². The fraction of sp³-hybridized carbons (Fsp3) is 0.350. The van der Waals surface area contributed by atoms with Crippen LogP contribution < -0.4 is 11.1 Å². The highest BCUT2D eigenvalue weighted by Gasteiger charge is 2.16. The molecule has 1 amide bonds. The molecule has 1 fully saturated rings. The van der Waals surface area contributed by atoms with Gasteiger partial charge in [0.05, 0.1) is 16.6 Å². The van der Waals surface area contributed by atoms with E-state index in [2.05, 4.69) is 37.1 Å². The summed E-state index contributed by atoms with van der Waals surface area (Å²) in [4.78, 5) is 28.9. The average molecular weight is 379 g/mol. The zero-order valence-electron chi connectivity index (χ0n) is 16.0. The van der Waals surface area contributed by atoms with E-state index >= 15 is 0 Å². The van der Waals surface area contributed by atoms with E-state index in [-0.39, 0.29) is 0 Å². The number of rotatable bonds is 6. The van der Waals surface area contributed by atoms with Crippen molar-refractivity contribution in [2.45, 2.75) is 0 Å². The van der Waals surface area contributed by atoms with Crippen molar-refractivity contribution in [1.29, 1.82) is 0 Å². The molecule has 1 aliphatic heterocycles. The summed E-state index contributed by atoms with van der Waals surface area (Å²) in [6, 6.07) is 9.21. The Labute approximate surface area is 163 Å². The van der Waals surface area contributed by atoms with Crippen molar-refractivity contribution in [3.05, 3.63) is 42.1 Å². The Bertz CT molecular complexity index is 976. The van der Waals surface area contributed by atoms with Crippen LogP contribution in [0.4, 0.5) is 5.82 Å². The molecule has 4 N–H and O–H groups in total. The molecule has 0 atom stereocenters. The molecule has 0 bridgehead atoms. The number of hydrogen-bond acceptors (Lipinski definition) is 6. The summed E-state index contributed by atoms with van der Waals surface area (Å²) >= 11 is 0. The van der Waals surface area contributed by atoms with Gasteiger partial charge in [0.2, 0.25) is 0 Å². The van der Waals surface area contributed by atoms with Crippen LogP contribution in [0.3, 0.4) is 0 Å². The molecule has 1 aliphatic rings. The van der Waals surface area contributed by atoms with E-state index in [1.165, 1.54) is 0 Å². The molecule has 0 spiro atoms. The topological polar surface area (TPSA) is 103 Å². The quantitative estimate of drug-likeness (QED) is 0.598. The molecule has 0 aliphatic carbocycles. The van der Waals surface area contributed by atoms with Crippen molar-refractivity contribution in [2.24, 2.45) is 5.73 Å². The molecule has 28 heavy (non-hydrogen) atoms. The lowest BCUT2D eigenvalue weighted by Gasteiger charge is -2.32. The van der Waals surface area contributed by atoms with Crippen molar-refractivity contribution >= 4 is 22.8 Å². The number of imidazole rings is 1. The van der Waals surface area contributed by atoms with Crippen molar-refractivity contribution in [2.75, 3.05) is 51.6 Å². The first-order chi connectivity index (χ1) is 13.6. The van der Waals surface area contributed by atoms with Gasteiger partial charge in [0.1, 0.15) is 17.2 Å². The molecule has 1 aromatic carbocycles. The average Bonchev–Trinajstić information content (AvgIpc) is 3.14. The summed E-state index contributed by atoms with van der Waals surface area (Å²) in [6.07, 6.45) is 1.76. The fourth-order valence-electron chi connectivity index (χ4n) is 3.50. The first-order valence-electron chi connectivity index (χ1n) is 9.50. The van der Waals surface area contributed by atoms with Gasteiger partial charge in [-0.15, -0.1) is 0 Å². The zero-order chi connectivity index (χ0) is 19.5. The number of anilines is 1. The number of primary amides is 1. The van der Waals surface area contributed by atoms with Crippen LogP contribution in [0.5, 0.6) is 0 Å². The highest BCUT2D eigenvalue weighted by atomic mass is 16.1. The number of nitrogens with one attached hydrogen (secondary N) is 2. The molecule has 8 nitrogen and oxygen atoms in total. The highest BCUT2D eigenvalue weighted by Crippen LogP contribution is 2.27. The van der Waals surface area contributed by atoms with Crippen molar-refractivity contribution in [3.8, 4) is 11.4 Å². The molecule has 146 valence electrons. The number of likely N-dealkylation sites (N-methyl/N-ethyl adjacent to an activating group) is 1. The van der Waals surface area contributed by atoms with Crippen molar-refractivity contribution in [3.63, 3.8) is 0 Å². The van der Waals surface area contributed by atoms with Gasteiger partial charge in [-0.1, -0.05) is 6.07 Å². The highest BCUT2D eigenvalue weighted by molar-refractivity contribution is 6.04. The summed E-state index contributed by atoms with van der Waals surface area (Å²) in [6.45, 7) is 6.17. The number of aromatic amines is 1. The summed E-state index contributed by atoms with van der Waals surface area (Å²) in [5.41, 5.74) is 8.11. The lowest BCUT2D eigenvalue weighted by Crippen LogP contribution is -2.45. The van der Waals surface area contributed by atoms with Gasteiger partial charge in [-0.25, -0.2) is 9.97 Å². The van der Waals surface area contributed by atoms with E-state index < -0.39 is 5.91 Å². The third kappa shape index (κ3) is 3.83. The van der Waals surface area contributed by atoms with Gasteiger partial charge in [-0.3, -0.25) is 9.69 Å². The number of nitrogens with zero attached hydrogens (tertiary/aromatic N) is 4. The SMILES string of the molecule is CN1CCN(CCNc2ncccc2-c2nc3c(C(N)=O)cccc3[nH]2)CC1. The summed E-state index contributed by atoms with van der Waals surface area (Å²) < 4.78 is 0. The summed E-state index contributed by atoms with van der Waals surface area (Å²) in [5.74, 6) is 0.954. The van der Waals surface area contributed by atoms with E-state index in [9.17, 15) is 4.79 Å². The van der Waals surface area contributed by atoms with E-state index in [4.69, 9.17) is 5.73 Å². The number of H-pyrrole nitrogens is 1. The molecule has 3 aromatic rings. The van der Waals surface area contributed by atoms with Crippen LogP contribution in [0.25, 0.3) is 22.4 Å². The molecule has 3 heterocycles. The maximum Gasteiger partial charge on any atom is 0.250 e. The molecule has 0 saturated carbocycles. The second kappa shape index (κ2) is 7.95. The Hall–Kier alpha value is -2.97. The van der Waals surface area contributed by atoms with E-state index in [0.717, 1.165) is 56.2 Å². The molecule has 1 saturated heterocycles. The number of pyridine rings is 1. The van der Waals surface area contributed by atoms with Gasteiger partial charge in [0.15, 0.2) is 0 Å². The van der Waals surface area contributed by atoms with Crippen LogP contribution in [0.2, 0.25) is 0 Å². The Balaban J connectivity index is 1.52. The molecule has 0 radical (unpaired) electrons. The monoisotopic (exact) mass is 379 g/mol. The second-order valence-electron chi connectivity index (χ2n) is 7.12. The minimum absolute atomic E-state index is 0.411. The molecular formula is C20H25N7O. The van der Waals surface area contributed by atoms with Gasteiger partial charge < -0.3 is 20.9 Å². The number of aromatic nitrogens is 3. The summed E-state index contributed by atoms with van der Waals surface area (Å²) in [5, 5.41) is 3.43. The maximum atomic E-state index is 11.7. The van der Waals surface area contributed by atoms with Gasteiger partial charge in [-0.2, -0.15) is 0 Å². The smallest absolute Gasteiger partial charge is 0.250 e. The van der Waals surface area contributed by atoms with Gasteiger partial charge >= 0.3 is 0 Å². The molecule has 8 heteroatoms. The Morgan fingerprint density at radius 1 is 1.21 bits per heavy atom. The number of carbonyl (C=O) groups excluding carboxylic acids is 1. The van der Waals surface area contributed by atoms with Crippen LogP contribution in [0.15, 0.2) is 36.5 Å². The Morgan fingerprint density at radius 2 is 2.04 bits per heavy atom. The van der Waals surface area contributed by atoms with Gasteiger partial charge in [-0.05, 0) is 31.3 Å². The lowest BCUT2D eigenvalue weighted by atomic mass is 10.2. The number of carbonyl (C=O) groups is 1. The van der Waals surface area contributed by atoms with Crippen molar-refractivity contribution < 1.29 is 4.79 Å². The third-order valence-electron chi connectivity index (χ3n) is 5.16. The number of hydrogen-bond donors (Lipinski definition) is 3. The van der Waals surface area contributed by atoms with Crippen molar-refractivity contribution in [1.82, 2.24) is 24.8 Å². The number of piperazine rings is 1. The first-order valence-corrected chi connectivity index (χ1v) is 9.50. The summed E-state index contributed by atoms with van der Waals surface area (Å²) in [7, 11) is 2.16. The van der Waals surface area contributed by atoms with E-state index in [1.807, 2.05) is 18.2 Å². The van der Waals surface area contributed by atoms with E-state index in [0.29, 0.717) is 16.9 Å². The van der Waals surface area contributed by atoms with Gasteiger partial charge in [0, 0.05) is 45.5 Å². The number of benzene rings is 1. The number of nitrogens with two attached hydrogens (primary N) is 1. The second-order valence-corrected chi connectivity index (χ2v) is 7.12. The third-order valence-corrected chi connectivity index (χ3v) is 5.16. The normalized spacial score (nSPS) is 15.8. The fourth-order valence-corrected chi connectivity index (χ4v) is 3.50. The minimum Gasteiger partial charge on any atom is -0.368 e. The molecular weight excluding hydrogens is 354 g/mol. The standard InChI is InChI=1S/C20H25N7O/c1-26-10-12-27(13-11-26)9-8-23-19-15(5-3-7-22-19)20-24-16-6-2-4-14(18(21)28)17(16)25-20/h2-7H,8-13H2,1H3,(H2,21,28)(H,22,23)(H,24,25). The largest absolute Gasteiger partial charge is 0.368 e. The number of para-hydroxylation sites is 1.